The first-order valence-corrected chi connectivity index (χ1v) is 6.67. The molecule has 1 amide bonds. The molecule has 2 aromatic heterocycles. The zero-order chi connectivity index (χ0) is 14.2. The molecule has 0 atom stereocenters. The highest BCUT2D eigenvalue weighted by Gasteiger charge is 2.10. The molecule has 2 aromatic rings. The van der Waals surface area contributed by atoms with Crippen LogP contribution in [0.4, 0.5) is 5.69 Å². The SMILES string of the molecule is CCNc1ccncc1C(=O)NCCc1ccccn1. The van der Waals surface area contributed by atoms with Crippen LogP contribution in [0.3, 0.4) is 0 Å². The maximum Gasteiger partial charge on any atom is 0.254 e. The van der Waals surface area contributed by atoms with E-state index < -0.39 is 0 Å². The van der Waals surface area contributed by atoms with Gasteiger partial charge >= 0.3 is 0 Å². The van der Waals surface area contributed by atoms with Gasteiger partial charge in [-0.1, -0.05) is 6.07 Å². The number of hydrogen-bond acceptors (Lipinski definition) is 4. The Balaban J connectivity index is 1.92. The fourth-order valence-electron chi connectivity index (χ4n) is 1.87. The minimum Gasteiger partial charge on any atom is -0.385 e. The third kappa shape index (κ3) is 3.78. The highest BCUT2D eigenvalue weighted by Crippen LogP contribution is 2.12. The van der Waals surface area contributed by atoms with Gasteiger partial charge in [-0.25, -0.2) is 0 Å². The van der Waals surface area contributed by atoms with Gasteiger partial charge in [0.05, 0.1) is 11.3 Å². The number of carbonyl (C=O) groups is 1. The Morgan fingerprint density at radius 2 is 2.15 bits per heavy atom. The molecule has 0 aliphatic heterocycles. The Bertz CT molecular complexity index is 557. The van der Waals surface area contributed by atoms with Crippen molar-refractivity contribution in [1.82, 2.24) is 15.3 Å². The molecular weight excluding hydrogens is 252 g/mol. The molecule has 2 N–H and O–H groups in total. The standard InChI is InChI=1S/C15H18N4O/c1-2-17-14-7-9-16-11-13(14)15(20)19-10-6-12-5-3-4-8-18-12/h3-5,7-9,11H,2,6,10H2,1H3,(H,16,17)(H,19,20). The van der Waals surface area contributed by atoms with Crippen molar-refractivity contribution in [2.45, 2.75) is 13.3 Å². The van der Waals surface area contributed by atoms with Crippen LogP contribution in [-0.4, -0.2) is 29.0 Å². The van der Waals surface area contributed by atoms with Crippen LogP contribution in [0.15, 0.2) is 42.9 Å². The molecule has 0 saturated heterocycles. The number of hydrogen-bond donors (Lipinski definition) is 2. The first kappa shape index (κ1) is 14.0. The number of nitrogens with zero attached hydrogens (tertiary/aromatic N) is 2. The number of pyridine rings is 2. The predicted octanol–water partition coefficient (Wildman–Crippen LogP) is 1.88. The minimum absolute atomic E-state index is 0.120. The molecular formula is C15H18N4O. The third-order valence-electron chi connectivity index (χ3n) is 2.83. The van der Waals surface area contributed by atoms with Gasteiger partial charge in [0.1, 0.15) is 0 Å². The number of amides is 1. The first-order valence-electron chi connectivity index (χ1n) is 6.67. The summed E-state index contributed by atoms with van der Waals surface area (Å²) in [6.07, 6.45) is 5.71. The molecule has 2 heterocycles. The lowest BCUT2D eigenvalue weighted by atomic mass is 10.2. The van der Waals surface area contributed by atoms with E-state index in [2.05, 4.69) is 20.6 Å². The number of anilines is 1. The van der Waals surface area contributed by atoms with Crippen LogP contribution in [0.2, 0.25) is 0 Å². The molecule has 0 aliphatic rings. The molecule has 0 aromatic carbocycles. The van der Waals surface area contributed by atoms with E-state index >= 15 is 0 Å². The number of nitrogens with one attached hydrogen (secondary N) is 2. The van der Waals surface area contributed by atoms with Crippen LogP contribution in [0.1, 0.15) is 23.0 Å². The van der Waals surface area contributed by atoms with Gasteiger partial charge in [0.2, 0.25) is 0 Å². The second-order valence-corrected chi connectivity index (χ2v) is 4.28. The van der Waals surface area contributed by atoms with Crippen molar-refractivity contribution in [1.29, 1.82) is 0 Å². The third-order valence-corrected chi connectivity index (χ3v) is 2.83. The van der Waals surface area contributed by atoms with Gasteiger partial charge in [-0.05, 0) is 25.1 Å². The van der Waals surface area contributed by atoms with Crippen molar-refractivity contribution in [3.05, 3.63) is 54.1 Å². The first-order chi connectivity index (χ1) is 9.81. The van der Waals surface area contributed by atoms with E-state index in [1.807, 2.05) is 25.1 Å². The smallest absolute Gasteiger partial charge is 0.254 e. The summed E-state index contributed by atoms with van der Waals surface area (Å²) >= 11 is 0. The molecule has 0 bridgehead atoms. The van der Waals surface area contributed by atoms with E-state index in [0.29, 0.717) is 18.5 Å². The molecule has 0 spiro atoms. The van der Waals surface area contributed by atoms with E-state index in [1.54, 1.807) is 24.7 Å². The second kappa shape index (κ2) is 7.23. The van der Waals surface area contributed by atoms with E-state index in [4.69, 9.17) is 0 Å². The number of carbonyl (C=O) groups excluding carboxylic acids is 1. The van der Waals surface area contributed by atoms with Gasteiger partial charge in [0, 0.05) is 43.8 Å². The summed E-state index contributed by atoms with van der Waals surface area (Å²) in [4.78, 5) is 20.3. The summed E-state index contributed by atoms with van der Waals surface area (Å²) in [5.74, 6) is -0.120. The second-order valence-electron chi connectivity index (χ2n) is 4.28. The number of aromatic nitrogens is 2. The summed E-state index contributed by atoms with van der Waals surface area (Å²) in [6, 6.07) is 7.56. The van der Waals surface area contributed by atoms with E-state index in [9.17, 15) is 4.79 Å². The zero-order valence-electron chi connectivity index (χ0n) is 11.5. The van der Waals surface area contributed by atoms with Gasteiger partial charge in [-0.2, -0.15) is 0 Å². The highest BCUT2D eigenvalue weighted by atomic mass is 16.1. The quantitative estimate of drug-likeness (QED) is 0.841. The van der Waals surface area contributed by atoms with Crippen LogP contribution in [0.25, 0.3) is 0 Å². The van der Waals surface area contributed by atoms with Crippen molar-refractivity contribution >= 4 is 11.6 Å². The van der Waals surface area contributed by atoms with Gasteiger partial charge in [-0.15, -0.1) is 0 Å². The predicted molar refractivity (Wildman–Crippen MR) is 78.7 cm³/mol. The van der Waals surface area contributed by atoms with E-state index in [0.717, 1.165) is 17.9 Å². The lowest BCUT2D eigenvalue weighted by Crippen LogP contribution is -2.27. The Labute approximate surface area is 118 Å². The van der Waals surface area contributed by atoms with E-state index in [1.165, 1.54) is 0 Å². The molecule has 5 nitrogen and oxygen atoms in total. The van der Waals surface area contributed by atoms with Gasteiger partial charge < -0.3 is 10.6 Å². The fraction of sp³-hybridized carbons (Fsp3) is 0.267. The van der Waals surface area contributed by atoms with Crippen LogP contribution in [-0.2, 0) is 6.42 Å². The molecule has 5 heteroatoms. The molecule has 2 rings (SSSR count). The highest BCUT2D eigenvalue weighted by molar-refractivity contribution is 5.99. The van der Waals surface area contributed by atoms with Crippen LogP contribution in [0.5, 0.6) is 0 Å². The fourth-order valence-corrected chi connectivity index (χ4v) is 1.87. The lowest BCUT2D eigenvalue weighted by molar-refractivity contribution is 0.0954. The summed E-state index contributed by atoms with van der Waals surface area (Å²) in [5, 5.41) is 6.04. The maximum absolute atomic E-state index is 12.1. The lowest BCUT2D eigenvalue weighted by Gasteiger charge is -2.10. The molecule has 0 saturated carbocycles. The van der Waals surface area contributed by atoms with Crippen molar-refractivity contribution in [2.75, 3.05) is 18.4 Å². The van der Waals surface area contributed by atoms with Crippen molar-refractivity contribution in [3.8, 4) is 0 Å². The Kier molecular flexibility index (Phi) is 5.06. The largest absolute Gasteiger partial charge is 0.385 e. The number of rotatable bonds is 6. The van der Waals surface area contributed by atoms with Crippen LogP contribution >= 0.6 is 0 Å². The van der Waals surface area contributed by atoms with Gasteiger partial charge in [0.15, 0.2) is 0 Å². The molecule has 20 heavy (non-hydrogen) atoms. The van der Waals surface area contributed by atoms with Crippen LogP contribution in [0, 0.1) is 0 Å². The maximum atomic E-state index is 12.1. The summed E-state index contributed by atoms with van der Waals surface area (Å²) in [6.45, 7) is 3.30. The van der Waals surface area contributed by atoms with Crippen molar-refractivity contribution in [3.63, 3.8) is 0 Å². The molecule has 0 aliphatic carbocycles. The Morgan fingerprint density at radius 1 is 1.25 bits per heavy atom. The Morgan fingerprint density at radius 3 is 2.90 bits per heavy atom. The van der Waals surface area contributed by atoms with Crippen molar-refractivity contribution < 1.29 is 4.79 Å². The molecule has 0 fully saturated rings. The van der Waals surface area contributed by atoms with Gasteiger partial charge in [0.25, 0.3) is 5.91 Å². The monoisotopic (exact) mass is 270 g/mol. The van der Waals surface area contributed by atoms with Gasteiger partial charge in [-0.3, -0.25) is 14.8 Å². The average Bonchev–Trinajstić information content (AvgIpc) is 2.49. The molecule has 104 valence electrons. The average molecular weight is 270 g/mol. The molecule has 0 radical (unpaired) electrons. The van der Waals surface area contributed by atoms with Crippen LogP contribution < -0.4 is 10.6 Å². The van der Waals surface area contributed by atoms with Crippen molar-refractivity contribution in [2.24, 2.45) is 0 Å². The van der Waals surface area contributed by atoms with E-state index in [-0.39, 0.29) is 5.91 Å². The normalized spacial score (nSPS) is 10.1. The minimum atomic E-state index is -0.120. The topological polar surface area (TPSA) is 66.9 Å². The zero-order valence-corrected chi connectivity index (χ0v) is 11.5. The summed E-state index contributed by atoms with van der Waals surface area (Å²) < 4.78 is 0. The molecule has 0 unspecified atom stereocenters. The Hall–Kier alpha value is -2.43. The summed E-state index contributed by atoms with van der Waals surface area (Å²) in [5.41, 5.74) is 2.33. The summed E-state index contributed by atoms with van der Waals surface area (Å²) in [7, 11) is 0.